The van der Waals surface area contributed by atoms with Gasteiger partial charge >= 0.3 is 0 Å². The molecule has 1 heterocycles. The van der Waals surface area contributed by atoms with Crippen LogP contribution in [0.5, 0.6) is 0 Å². The second-order valence-electron chi connectivity index (χ2n) is 6.20. The highest BCUT2D eigenvalue weighted by atomic mass is 16.5. The SMILES string of the molecule is CCOC1(C(Cc2cc(C)nn2CC)NC)CCCCC1. The summed E-state index contributed by atoms with van der Waals surface area (Å²) in [6.45, 7) is 8.07. The molecule has 1 N–H and O–H groups in total. The maximum Gasteiger partial charge on any atom is 0.0838 e. The van der Waals surface area contributed by atoms with Crippen LogP contribution in [0, 0.1) is 6.92 Å². The molecule has 0 spiro atoms. The first-order chi connectivity index (χ1) is 10.1. The van der Waals surface area contributed by atoms with Gasteiger partial charge < -0.3 is 10.1 Å². The molecule has 1 saturated carbocycles. The topological polar surface area (TPSA) is 39.1 Å². The van der Waals surface area contributed by atoms with E-state index >= 15 is 0 Å². The third-order valence-corrected chi connectivity index (χ3v) is 4.81. The summed E-state index contributed by atoms with van der Waals surface area (Å²) in [5, 5.41) is 8.12. The maximum absolute atomic E-state index is 6.28. The Morgan fingerprint density at radius 3 is 2.62 bits per heavy atom. The molecule has 0 amide bonds. The van der Waals surface area contributed by atoms with Gasteiger partial charge in [0.15, 0.2) is 0 Å². The summed E-state index contributed by atoms with van der Waals surface area (Å²) < 4.78 is 8.41. The van der Waals surface area contributed by atoms with Gasteiger partial charge in [0, 0.05) is 31.3 Å². The lowest BCUT2D eigenvalue weighted by Gasteiger charge is -2.43. The molecule has 21 heavy (non-hydrogen) atoms. The van der Waals surface area contributed by atoms with Crippen LogP contribution < -0.4 is 5.32 Å². The number of hydrogen-bond acceptors (Lipinski definition) is 3. The standard InChI is InChI=1S/C17H31N3O/c1-5-20-15(12-14(3)19-20)13-16(18-4)17(21-6-2)10-8-7-9-11-17/h12,16,18H,5-11,13H2,1-4H3. The monoisotopic (exact) mass is 293 g/mol. The highest BCUT2D eigenvalue weighted by Crippen LogP contribution is 2.35. The quantitative estimate of drug-likeness (QED) is 0.839. The molecule has 1 aromatic rings. The van der Waals surface area contributed by atoms with Gasteiger partial charge in [0.2, 0.25) is 0 Å². The molecule has 0 radical (unpaired) electrons. The maximum atomic E-state index is 6.28. The first-order valence-corrected chi connectivity index (χ1v) is 8.49. The molecule has 0 bridgehead atoms. The van der Waals surface area contributed by atoms with Crippen LogP contribution in [0.3, 0.4) is 0 Å². The van der Waals surface area contributed by atoms with Crippen LogP contribution in [-0.2, 0) is 17.7 Å². The fourth-order valence-corrected chi connectivity index (χ4v) is 3.83. The molecule has 1 atom stereocenters. The molecule has 4 heteroatoms. The van der Waals surface area contributed by atoms with Gasteiger partial charge in [-0.3, -0.25) is 4.68 Å². The second-order valence-corrected chi connectivity index (χ2v) is 6.20. The van der Waals surface area contributed by atoms with Crippen molar-refractivity contribution in [3.05, 3.63) is 17.5 Å². The van der Waals surface area contributed by atoms with Gasteiger partial charge in [-0.25, -0.2) is 0 Å². The molecule has 4 nitrogen and oxygen atoms in total. The van der Waals surface area contributed by atoms with E-state index in [1.54, 1.807) is 0 Å². The van der Waals surface area contributed by atoms with Crippen LogP contribution in [0.25, 0.3) is 0 Å². The molecule has 120 valence electrons. The minimum absolute atomic E-state index is 0.00149. The van der Waals surface area contributed by atoms with Crippen molar-refractivity contribution in [3.8, 4) is 0 Å². The van der Waals surface area contributed by atoms with E-state index < -0.39 is 0 Å². The summed E-state index contributed by atoms with van der Waals surface area (Å²) in [4.78, 5) is 0. The van der Waals surface area contributed by atoms with Crippen LogP contribution in [0.1, 0.15) is 57.3 Å². The van der Waals surface area contributed by atoms with E-state index in [0.717, 1.165) is 25.3 Å². The number of aromatic nitrogens is 2. The third-order valence-electron chi connectivity index (χ3n) is 4.81. The molecule has 0 aliphatic heterocycles. The van der Waals surface area contributed by atoms with Gasteiger partial charge in [-0.05, 0) is 46.7 Å². The van der Waals surface area contributed by atoms with Gasteiger partial charge in [0.25, 0.3) is 0 Å². The Hall–Kier alpha value is -0.870. The van der Waals surface area contributed by atoms with Gasteiger partial charge in [0.05, 0.1) is 11.3 Å². The summed E-state index contributed by atoms with van der Waals surface area (Å²) in [6, 6.07) is 2.58. The Kier molecular flexibility index (Phi) is 5.82. The van der Waals surface area contributed by atoms with Crippen molar-refractivity contribution in [3.63, 3.8) is 0 Å². The largest absolute Gasteiger partial charge is 0.374 e. The summed E-state index contributed by atoms with van der Waals surface area (Å²) in [7, 11) is 2.07. The predicted octanol–water partition coefficient (Wildman–Crippen LogP) is 3.08. The number of nitrogens with zero attached hydrogens (tertiary/aromatic N) is 2. The van der Waals surface area contributed by atoms with E-state index in [0.29, 0.717) is 6.04 Å². The number of nitrogens with one attached hydrogen (secondary N) is 1. The molecule has 1 aromatic heterocycles. The first-order valence-electron chi connectivity index (χ1n) is 8.49. The van der Waals surface area contributed by atoms with Crippen molar-refractivity contribution >= 4 is 0 Å². The predicted molar refractivity (Wildman–Crippen MR) is 86.6 cm³/mol. The van der Waals surface area contributed by atoms with E-state index in [1.807, 2.05) is 0 Å². The van der Waals surface area contributed by atoms with Crippen molar-refractivity contribution in [1.29, 1.82) is 0 Å². The van der Waals surface area contributed by atoms with Crippen molar-refractivity contribution in [2.45, 2.75) is 77.5 Å². The summed E-state index contributed by atoms with van der Waals surface area (Å²) >= 11 is 0. The Labute approximate surface area is 129 Å². The van der Waals surface area contributed by atoms with E-state index in [1.165, 1.54) is 37.8 Å². The summed E-state index contributed by atoms with van der Waals surface area (Å²) in [6.07, 6.45) is 7.24. The van der Waals surface area contributed by atoms with E-state index in [-0.39, 0.29) is 5.60 Å². The molecular weight excluding hydrogens is 262 g/mol. The molecule has 1 aliphatic carbocycles. The van der Waals surface area contributed by atoms with Crippen LogP contribution in [0.15, 0.2) is 6.07 Å². The summed E-state index contributed by atoms with van der Waals surface area (Å²) in [5.41, 5.74) is 2.42. The molecule has 1 unspecified atom stereocenters. The lowest BCUT2D eigenvalue weighted by molar-refractivity contribution is -0.0886. The Bertz CT molecular complexity index is 430. The lowest BCUT2D eigenvalue weighted by Crippen LogP contribution is -2.54. The number of rotatable bonds is 7. The third kappa shape index (κ3) is 3.67. The number of hydrogen-bond donors (Lipinski definition) is 1. The Morgan fingerprint density at radius 1 is 1.33 bits per heavy atom. The molecule has 2 rings (SSSR count). The smallest absolute Gasteiger partial charge is 0.0838 e. The number of ether oxygens (including phenoxy) is 1. The van der Waals surface area contributed by atoms with E-state index in [2.05, 4.69) is 49.0 Å². The van der Waals surface area contributed by atoms with Crippen LogP contribution >= 0.6 is 0 Å². The van der Waals surface area contributed by atoms with Crippen molar-refractivity contribution in [2.24, 2.45) is 0 Å². The normalized spacial score (nSPS) is 19.6. The average molecular weight is 293 g/mol. The van der Waals surface area contributed by atoms with Gasteiger partial charge in [-0.15, -0.1) is 0 Å². The first kappa shape index (κ1) is 16.5. The molecule has 1 fully saturated rings. The second kappa shape index (κ2) is 7.41. The van der Waals surface area contributed by atoms with Crippen LogP contribution in [0.2, 0.25) is 0 Å². The minimum Gasteiger partial charge on any atom is -0.374 e. The van der Waals surface area contributed by atoms with Crippen molar-refractivity contribution in [1.82, 2.24) is 15.1 Å². The van der Waals surface area contributed by atoms with Crippen LogP contribution in [0.4, 0.5) is 0 Å². The van der Waals surface area contributed by atoms with Gasteiger partial charge in [0.1, 0.15) is 0 Å². The highest BCUT2D eigenvalue weighted by Gasteiger charge is 2.40. The zero-order valence-electron chi connectivity index (χ0n) is 14.1. The molecule has 0 saturated heterocycles. The molecule has 0 aromatic carbocycles. The average Bonchev–Trinajstić information content (AvgIpc) is 2.85. The number of aryl methyl sites for hydroxylation is 2. The van der Waals surface area contributed by atoms with Gasteiger partial charge in [-0.2, -0.15) is 5.10 Å². The highest BCUT2D eigenvalue weighted by molar-refractivity contribution is 5.13. The zero-order valence-corrected chi connectivity index (χ0v) is 14.1. The van der Waals surface area contributed by atoms with Crippen LogP contribution in [-0.4, -0.2) is 35.1 Å². The minimum atomic E-state index is -0.00149. The Balaban J connectivity index is 2.19. The van der Waals surface area contributed by atoms with E-state index in [4.69, 9.17) is 4.74 Å². The molecular formula is C17H31N3O. The Morgan fingerprint density at radius 2 is 2.05 bits per heavy atom. The van der Waals surface area contributed by atoms with E-state index in [9.17, 15) is 0 Å². The lowest BCUT2D eigenvalue weighted by atomic mass is 9.77. The fourth-order valence-electron chi connectivity index (χ4n) is 3.83. The summed E-state index contributed by atoms with van der Waals surface area (Å²) in [5.74, 6) is 0. The zero-order chi connectivity index (χ0) is 15.3. The molecule has 1 aliphatic rings. The van der Waals surface area contributed by atoms with Gasteiger partial charge in [-0.1, -0.05) is 19.3 Å². The van der Waals surface area contributed by atoms with Crippen molar-refractivity contribution in [2.75, 3.05) is 13.7 Å². The van der Waals surface area contributed by atoms with Crippen molar-refractivity contribution < 1.29 is 4.74 Å². The number of likely N-dealkylation sites (N-methyl/N-ethyl adjacent to an activating group) is 1. The fraction of sp³-hybridized carbons (Fsp3) is 0.824.